The van der Waals surface area contributed by atoms with Crippen LogP contribution >= 0.6 is 0 Å². The third-order valence-electron chi connectivity index (χ3n) is 6.43. The molecule has 0 saturated carbocycles. The fraction of sp³-hybridized carbons (Fsp3) is 0.481. The molecule has 5 nitrogen and oxygen atoms in total. The Bertz CT molecular complexity index is 1000. The maximum absolute atomic E-state index is 13.1. The summed E-state index contributed by atoms with van der Waals surface area (Å²) in [5.41, 5.74) is 4.51. The number of carbonyl (C=O) groups is 1. The van der Waals surface area contributed by atoms with Crippen LogP contribution in [0.1, 0.15) is 65.9 Å². The average molecular weight is 437 g/mol. The van der Waals surface area contributed by atoms with Gasteiger partial charge in [0.25, 0.3) is 5.56 Å². The standard InChI is InChI=1S/C27H36N2O3/c1-6-22-17-20(4)26(30)29(15-13-21-9-11-23(12-10-21)27(31)32-5)25(22)18-28-14-7-8-24(28)16-19(2)3/h6,9-12,17,19,24H,1,7-8,13-16,18H2,2-5H3/t24-/m1/s1. The fourth-order valence-electron chi connectivity index (χ4n) is 4.73. The third kappa shape index (κ3) is 5.57. The SMILES string of the molecule is C=Cc1cc(C)c(=O)n(CCc2ccc(C(=O)OC)cc2)c1CN1CCC[C@@H]1CC(C)C. The number of rotatable bonds is 9. The Morgan fingerprint density at radius 2 is 2.00 bits per heavy atom. The highest BCUT2D eigenvalue weighted by molar-refractivity contribution is 5.89. The number of nitrogens with zero attached hydrogens (tertiary/aromatic N) is 2. The van der Waals surface area contributed by atoms with E-state index >= 15 is 0 Å². The van der Waals surface area contributed by atoms with Gasteiger partial charge in [0.05, 0.1) is 12.7 Å². The number of carbonyl (C=O) groups excluding carboxylic acids is 1. The molecule has 3 rings (SSSR count). The molecule has 5 heteroatoms. The molecule has 0 N–H and O–H groups in total. The lowest BCUT2D eigenvalue weighted by atomic mass is 10.0. The van der Waals surface area contributed by atoms with Gasteiger partial charge in [0.15, 0.2) is 0 Å². The Hall–Kier alpha value is -2.66. The maximum Gasteiger partial charge on any atom is 0.337 e. The number of benzene rings is 1. The lowest BCUT2D eigenvalue weighted by Crippen LogP contribution is -2.35. The van der Waals surface area contributed by atoms with Crippen LogP contribution in [0.25, 0.3) is 6.08 Å². The van der Waals surface area contributed by atoms with Crippen molar-refractivity contribution < 1.29 is 9.53 Å². The summed E-state index contributed by atoms with van der Waals surface area (Å²) in [7, 11) is 1.38. The van der Waals surface area contributed by atoms with E-state index in [-0.39, 0.29) is 11.5 Å². The van der Waals surface area contributed by atoms with Gasteiger partial charge in [-0.25, -0.2) is 4.79 Å². The van der Waals surface area contributed by atoms with Gasteiger partial charge in [0.2, 0.25) is 0 Å². The molecule has 0 spiro atoms. The van der Waals surface area contributed by atoms with Crippen molar-refractivity contribution in [3.05, 3.63) is 75.2 Å². The van der Waals surface area contributed by atoms with Gasteiger partial charge < -0.3 is 9.30 Å². The monoisotopic (exact) mass is 436 g/mol. The van der Waals surface area contributed by atoms with Gasteiger partial charge in [-0.2, -0.15) is 0 Å². The van der Waals surface area contributed by atoms with E-state index in [0.717, 1.165) is 35.5 Å². The first-order chi connectivity index (χ1) is 15.3. The summed E-state index contributed by atoms with van der Waals surface area (Å²) in [6, 6.07) is 9.96. The molecule has 172 valence electrons. The summed E-state index contributed by atoms with van der Waals surface area (Å²) in [5, 5.41) is 0. The van der Waals surface area contributed by atoms with Gasteiger partial charge in [-0.05, 0) is 74.4 Å². The van der Waals surface area contributed by atoms with Crippen LogP contribution in [0, 0.1) is 12.8 Å². The number of likely N-dealkylation sites (tertiary alicyclic amines) is 1. The van der Waals surface area contributed by atoms with Gasteiger partial charge in [-0.15, -0.1) is 0 Å². The molecule has 0 bridgehead atoms. The molecule has 2 aromatic rings. The van der Waals surface area contributed by atoms with Crippen molar-refractivity contribution in [2.45, 2.75) is 65.6 Å². The summed E-state index contributed by atoms with van der Waals surface area (Å²) in [6.45, 7) is 12.9. The molecule has 0 aliphatic carbocycles. The van der Waals surface area contributed by atoms with Gasteiger partial charge in [-0.3, -0.25) is 9.69 Å². The Balaban J connectivity index is 1.86. The van der Waals surface area contributed by atoms with E-state index in [1.807, 2.05) is 35.8 Å². The molecule has 1 fully saturated rings. The first-order valence-corrected chi connectivity index (χ1v) is 11.6. The Kier molecular flexibility index (Phi) is 8.08. The van der Waals surface area contributed by atoms with E-state index in [2.05, 4.69) is 25.3 Å². The van der Waals surface area contributed by atoms with Crippen LogP contribution in [0.3, 0.4) is 0 Å². The predicted molar refractivity (Wildman–Crippen MR) is 130 cm³/mol. The molecule has 32 heavy (non-hydrogen) atoms. The molecule has 1 aliphatic rings. The Morgan fingerprint density at radius 3 is 2.62 bits per heavy atom. The van der Waals surface area contributed by atoms with Crippen molar-refractivity contribution in [3.63, 3.8) is 0 Å². The van der Waals surface area contributed by atoms with Gasteiger partial charge >= 0.3 is 5.97 Å². The van der Waals surface area contributed by atoms with Crippen molar-refractivity contribution in [2.24, 2.45) is 5.92 Å². The minimum absolute atomic E-state index is 0.0661. The first kappa shape index (κ1) is 24.0. The lowest BCUT2D eigenvalue weighted by molar-refractivity contribution is 0.0600. The average Bonchev–Trinajstić information content (AvgIpc) is 3.21. The molecule has 0 radical (unpaired) electrons. The third-order valence-corrected chi connectivity index (χ3v) is 6.43. The summed E-state index contributed by atoms with van der Waals surface area (Å²) < 4.78 is 6.71. The molecule has 1 aliphatic heterocycles. The molecule has 1 aromatic carbocycles. The van der Waals surface area contributed by atoms with Crippen LogP contribution in [0.2, 0.25) is 0 Å². The zero-order valence-corrected chi connectivity index (χ0v) is 19.9. The summed E-state index contributed by atoms with van der Waals surface area (Å²) >= 11 is 0. The van der Waals surface area contributed by atoms with E-state index in [9.17, 15) is 9.59 Å². The predicted octanol–water partition coefficient (Wildman–Crippen LogP) is 4.84. The van der Waals surface area contributed by atoms with E-state index in [0.29, 0.717) is 30.5 Å². The number of esters is 1. The number of ether oxygens (including phenoxy) is 1. The summed E-state index contributed by atoms with van der Waals surface area (Å²) in [5.74, 6) is 0.318. The minimum atomic E-state index is -0.342. The van der Waals surface area contributed by atoms with Crippen LogP contribution in [-0.2, 0) is 24.2 Å². The highest BCUT2D eigenvalue weighted by atomic mass is 16.5. The van der Waals surface area contributed by atoms with E-state index in [1.165, 1.54) is 26.4 Å². The van der Waals surface area contributed by atoms with Crippen molar-refractivity contribution in [3.8, 4) is 0 Å². The van der Waals surface area contributed by atoms with Crippen molar-refractivity contribution >= 4 is 12.0 Å². The van der Waals surface area contributed by atoms with Gasteiger partial charge in [0.1, 0.15) is 0 Å². The van der Waals surface area contributed by atoms with E-state index in [1.54, 1.807) is 12.1 Å². The molecule has 1 atom stereocenters. The number of pyridine rings is 1. The molecule has 0 unspecified atom stereocenters. The lowest BCUT2D eigenvalue weighted by Gasteiger charge is -2.28. The smallest absolute Gasteiger partial charge is 0.337 e. The topological polar surface area (TPSA) is 51.5 Å². The van der Waals surface area contributed by atoms with E-state index < -0.39 is 0 Å². The maximum atomic E-state index is 13.1. The molecular weight excluding hydrogens is 400 g/mol. The summed E-state index contributed by atoms with van der Waals surface area (Å²) in [4.78, 5) is 27.4. The van der Waals surface area contributed by atoms with Crippen LogP contribution < -0.4 is 5.56 Å². The van der Waals surface area contributed by atoms with Crippen LogP contribution in [0.4, 0.5) is 0 Å². The molecular formula is C27H36N2O3. The molecule has 1 aromatic heterocycles. The molecule has 0 amide bonds. The highest BCUT2D eigenvalue weighted by Crippen LogP contribution is 2.26. The normalized spacial score (nSPS) is 16.5. The minimum Gasteiger partial charge on any atom is -0.465 e. The largest absolute Gasteiger partial charge is 0.465 e. The molecule has 1 saturated heterocycles. The van der Waals surface area contributed by atoms with Crippen molar-refractivity contribution in [1.29, 1.82) is 0 Å². The highest BCUT2D eigenvalue weighted by Gasteiger charge is 2.27. The van der Waals surface area contributed by atoms with Crippen LogP contribution in [0.5, 0.6) is 0 Å². The van der Waals surface area contributed by atoms with Crippen molar-refractivity contribution in [2.75, 3.05) is 13.7 Å². The number of hydrogen-bond acceptors (Lipinski definition) is 4. The van der Waals surface area contributed by atoms with Crippen molar-refractivity contribution in [1.82, 2.24) is 9.47 Å². The van der Waals surface area contributed by atoms with Gasteiger partial charge in [-0.1, -0.05) is 38.6 Å². The number of aromatic nitrogens is 1. The Morgan fingerprint density at radius 1 is 1.28 bits per heavy atom. The summed E-state index contributed by atoms with van der Waals surface area (Å²) in [6.07, 6.45) is 6.21. The second-order valence-electron chi connectivity index (χ2n) is 9.22. The number of aryl methyl sites for hydroxylation is 2. The fourth-order valence-corrected chi connectivity index (χ4v) is 4.73. The van der Waals surface area contributed by atoms with E-state index in [4.69, 9.17) is 4.74 Å². The quantitative estimate of drug-likeness (QED) is 0.528. The molecule has 2 heterocycles. The first-order valence-electron chi connectivity index (χ1n) is 11.6. The Labute approximate surface area is 191 Å². The van der Waals surface area contributed by atoms with Gasteiger partial charge in [0, 0.05) is 30.4 Å². The number of methoxy groups -OCH3 is 1. The van der Waals surface area contributed by atoms with Crippen LogP contribution in [0.15, 0.2) is 41.7 Å². The van der Waals surface area contributed by atoms with Crippen LogP contribution in [-0.4, -0.2) is 35.1 Å². The second-order valence-corrected chi connectivity index (χ2v) is 9.22. The zero-order chi connectivity index (χ0) is 23.3. The second kappa shape index (κ2) is 10.8. The number of hydrogen-bond donors (Lipinski definition) is 0. The zero-order valence-electron chi connectivity index (χ0n) is 19.9.